The van der Waals surface area contributed by atoms with Crippen molar-refractivity contribution in [3.63, 3.8) is 0 Å². The minimum atomic E-state index is -0.403. The Labute approximate surface area is 192 Å². The Bertz CT molecular complexity index is 1210. The van der Waals surface area contributed by atoms with Gasteiger partial charge in [0.1, 0.15) is 4.88 Å². The van der Waals surface area contributed by atoms with Gasteiger partial charge in [-0.15, -0.1) is 0 Å². The number of carbonyl (C=O) groups is 1. The predicted molar refractivity (Wildman–Crippen MR) is 130 cm³/mol. The van der Waals surface area contributed by atoms with E-state index in [0.29, 0.717) is 11.6 Å². The van der Waals surface area contributed by atoms with Gasteiger partial charge in [0.2, 0.25) is 5.01 Å². The largest absolute Gasteiger partial charge is 0.461 e. The molecule has 0 atom stereocenters. The molecule has 0 amide bonds. The molecule has 158 valence electrons. The molecule has 0 fully saturated rings. The fourth-order valence-corrected chi connectivity index (χ4v) is 4.03. The van der Waals surface area contributed by atoms with E-state index in [9.17, 15) is 4.79 Å². The van der Waals surface area contributed by atoms with Gasteiger partial charge >= 0.3 is 5.97 Å². The summed E-state index contributed by atoms with van der Waals surface area (Å²) in [7, 11) is 0. The number of hydrogen-bond acceptors (Lipinski definition) is 5. The highest BCUT2D eigenvalue weighted by Gasteiger charge is 2.14. The summed E-state index contributed by atoms with van der Waals surface area (Å²) in [5, 5.41) is 0.338. The quantitative estimate of drug-likeness (QED) is 0.264. The fraction of sp³-hybridized carbons (Fsp3) is 0.111. The van der Waals surface area contributed by atoms with E-state index < -0.39 is 5.97 Å². The zero-order valence-corrected chi connectivity index (χ0v) is 18.7. The Kier molecular flexibility index (Phi) is 6.64. The second-order valence-electron chi connectivity index (χ2n) is 6.96. The zero-order valence-electron chi connectivity index (χ0n) is 17.9. The van der Waals surface area contributed by atoms with E-state index in [2.05, 4.69) is 58.1 Å². The van der Waals surface area contributed by atoms with Gasteiger partial charge in [-0.2, -0.15) is 0 Å². The molecule has 0 aliphatic heterocycles. The molecule has 0 spiro atoms. The van der Waals surface area contributed by atoms with Crippen molar-refractivity contribution < 1.29 is 9.53 Å². The number of benzene rings is 3. The van der Waals surface area contributed by atoms with E-state index in [1.54, 1.807) is 6.92 Å². The summed E-state index contributed by atoms with van der Waals surface area (Å²) < 4.78 is 5.02. The smallest absolute Gasteiger partial charge is 0.367 e. The number of hydrogen-bond donors (Lipinski definition) is 0. The molecule has 0 radical (unpaired) electrons. The number of aryl methyl sites for hydroxylation is 1. The second kappa shape index (κ2) is 9.95. The van der Waals surface area contributed by atoms with Crippen LogP contribution in [-0.2, 0) is 4.74 Å². The number of esters is 1. The number of nitrogens with zero attached hydrogens (tertiary/aromatic N) is 2. The summed E-state index contributed by atoms with van der Waals surface area (Å²) >= 11 is 1.26. The first-order chi connectivity index (χ1) is 15.7. The van der Waals surface area contributed by atoms with Gasteiger partial charge in [0, 0.05) is 22.6 Å². The minimum Gasteiger partial charge on any atom is -0.461 e. The van der Waals surface area contributed by atoms with Crippen LogP contribution in [0.5, 0.6) is 0 Å². The van der Waals surface area contributed by atoms with Crippen molar-refractivity contribution in [1.82, 2.24) is 4.98 Å². The molecule has 5 heteroatoms. The van der Waals surface area contributed by atoms with Crippen LogP contribution in [0.1, 0.15) is 32.9 Å². The summed E-state index contributed by atoms with van der Waals surface area (Å²) in [6, 6.07) is 28.7. The lowest BCUT2D eigenvalue weighted by molar-refractivity contribution is 0.0525. The molecule has 1 aromatic heterocycles. The SMILES string of the molecule is CCOC(=O)c1nc(C)c(C#Cc2ccc(N(c3ccccc3)c3ccccc3)cc2)s1. The number of thiazole rings is 1. The Balaban J connectivity index is 1.60. The lowest BCUT2D eigenvalue weighted by Crippen LogP contribution is -2.09. The lowest BCUT2D eigenvalue weighted by atomic mass is 10.1. The lowest BCUT2D eigenvalue weighted by Gasteiger charge is -2.25. The first-order valence-corrected chi connectivity index (χ1v) is 11.1. The molecule has 0 N–H and O–H groups in total. The molecule has 32 heavy (non-hydrogen) atoms. The fourth-order valence-electron chi connectivity index (χ4n) is 3.22. The summed E-state index contributed by atoms with van der Waals surface area (Å²) in [6.45, 7) is 3.96. The molecule has 3 aromatic carbocycles. The Morgan fingerprint density at radius 1 is 0.875 bits per heavy atom. The molecule has 4 aromatic rings. The maximum absolute atomic E-state index is 11.9. The number of anilines is 3. The molecule has 4 rings (SSSR count). The molecular weight excluding hydrogens is 416 g/mol. The normalized spacial score (nSPS) is 10.2. The van der Waals surface area contributed by atoms with Crippen LogP contribution in [-0.4, -0.2) is 17.6 Å². The zero-order chi connectivity index (χ0) is 22.3. The number of ether oxygens (including phenoxy) is 1. The van der Waals surface area contributed by atoms with E-state index in [-0.39, 0.29) is 0 Å². The van der Waals surface area contributed by atoms with Crippen molar-refractivity contribution >= 4 is 34.4 Å². The summed E-state index contributed by atoms with van der Waals surface area (Å²) in [4.78, 5) is 19.1. The number of carbonyl (C=O) groups excluding carboxylic acids is 1. The van der Waals surface area contributed by atoms with Crippen LogP contribution in [0.3, 0.4) is 0 Å². The van der Waals surface area contributed by atoms with Gasteiger partial charge < -0.3 is 9.64 Å². The number of aromatic nitrogens is 1. The number of para-hydroxylation sites is 2. The van der Waals surface area contributed by atoms with Crippen molar-refractivity contribution in [2.24, 2.45) is 0 Å². The summed E-state index contributed by atoms with van der Waals surface area (Å²) in [5.41, 5.74) is 4.85. The van der Waals surface area contributed by atoms with Crippen molar-refractivity contribution in [3.05, 3.63) is 106 Å². The first kappa shape index (κ1) is 21.4. The van der Waals surface area contributed by atoms with Crippen LogP contribution in [0, 0.1) is 18.8 Å². The van der Waals surface area contributed by atoms with Crippen LogP contribution < -0.4 is 4.90 Å². The van der Waals surface area contributed by atoms with Crippen molar-refractivity contribution in [1.29, 1.82) is 0 Å². The third kappa shape index (κ3) is 4.88. The molecule has 1 heterocycles. The van der Waals surface area contributed by atoms with Crippen LogP contribution in [0.25, 0.3) is 0 Å². The topological polar surface area (TPSA) is 42.4 Å². The molecule has 0 aliphatic rings. The highest BCUT2D eigenvalue weighted by Crippen LogP contribution is 2.34. The van der Waals surface area contributed by atoms with Gasteiger partial charge in [-0.1, -0.05) is 53.7 Å². The highest BCUT2D eigenvalue weighted by molar-refractivity contribution is 7.14. The standard InChI is InChI=1S/C27H22N2O2S/c1-3-31-27(30)26-28-20(2)25(32-26)19-16-21-14-17-24(18-15-21)29(22-10-6-4-7-11-22)23-12-8-5-9-13-23/h4-15,17-18H,3H2,1-2H3. The van der Waals surface area contributed by atoms with Crippen LogP contribution in [0.2, 0.25) is 0 Å². The molecule has 0 aliphatic carbocycles. The average Bonchev–Trinajstić information content (AvgIpc) is 3.21. The van der Waals surface area contributed by atoms with Gasteiger partial charge in [-0.25, -0.2) is 9.78 Å². The van der Waals surface area contributed by atoms with E-state index in [1.807, 2.05) is 55.5 Å². The predicted octanol–water partition coefficient (Wildman–Crippen LogP) is 6.50. The van der Waals surface area contributed by atoms with Crippen molar-refractivity contribution in [2.75, 3.05) is 11.5 Å². The molecular formula is C27H22N2O2S. The second-order valence-corrected chi connectivity index (χ2v) is 7.96. The average molecular weight is 439 g/mol. The Morgan fingerprint density at radius 2 is 1.44 bits per heavy atom. The minimum absolute atomic E-state index is 0.327. The maximum Gasteiger partial charge on any atom is 0.367 e. The van der Waals surface area contributed by atoms with Crippen molar-refractivity contribution in [3.8, 4) is 11.8 Å². The van der Waals surface area contributed by atoms with Crippen LogP contribution in [0.4, 0.5) is 17.1 Å². The molecule has 0 unspecified atom stereocenters. The van der Waals surface area contributed by atoms with E-state index in [1.165, 1.54) is 11.3 Å². The van der Waals surface area contributed by atoms with Gasteiger partial charge in [-0.05, 0) is 68.3 Å². The Hall–Kier alpha value is -3.88. The van der Waals surface area contributed by atoms with Crippen LogP contribution >= 0.6 is 11.3 Å². The first-order valence-electron chi connectivity index (χ1n) is 10.3. The van der Waals surface area contributed by atoms with E-state index >= 15 is 0 Å². The van der Waals surface area contributed by atoms with Gasteiger partial charge in [0.25, 0.3) is 0 Å². The van der Waals surface area contributed by atoms with Gasteiger partial charge in [-0.3, -0.25) is 0 Å². The number of rotatable bonds is 5. The summed E-state index contributed by atoms with van der Waals surface area (Å²) in [6.07, 6.45) is 0. The van der Waals surface area contributed by atoms with Gasteiger partial charge in [0.05, 0.1) is 12.3 Å². The van der Waals surface area contributed by atoms with Crippen molar-refractivity contribution in [2.45, 2.75) is 13.8 Å². The Morgan fingerprint density at radius 3 is 2.00 bits per heavy atom. The molecule has 4 nitrogen and oxygen atoms in total. The van der Waals surface area contributed by atoms with Gasteiger partial charge in [0.15, 0.2) is 0 Å². The maximum atomic E-state index is 11.9. The molecule has 0 saturated heterocycles. The monoisotopic (exact) mass is 438 g/mol. The molecule has 0 saturated carbocycles. The van der Waals surface area contributed by atoms with E-state index in [4.69, 9.17) is 4.74 Å². The molecule has 0 bridgehead atoms. The van der Waals surface area contributed by atoms with E-state index in [0.717, 1.165) is 33.2 Å². The summed E-state index contributed by atoms with van der Waals surface area (Å²) in [5.74, 6) is 5.92. The van der Waals surface area contributed by atoms with Crippen LogP contribution in [0.15, 0.2) is 84.9 Å². The highest BCUT2D eigenvalue weighted by atomic mass is 32.1. The third-order valence-corrected chi connectivity index (χ3v) is 5.77. The third-order valence-electron chi connectivity index (χ3n) is 4.72.